The van der Waals surface area contributed by atoms with Gasteiger partial charge in [-0.1, -0.05) is 19.1 Å². The number of carbonyl (C=O) groups excluding carboxylic acids is 1. The van der Waals surface area contributed by atoms with Crippen molar-refractivity contribution in [2.24, 2.45) is 5.92 Å². The number of benzene rings is 1. The summed E-state index contributed by atoms with van der Waals surface area (Å²) >= 11 is 0. The molecule has 0 aromatic heterocycles. The number of likely N-dealkylation sites (tertiary alicyclic amines) is 1. The maximum absolute atomic E-state index is 12.3. The molecule has 1 aromatic rings. The molecule has 4 heteroatoms. The van der Waals surface area contributed by atoms with Crippen LogP contribution in [-0.2, 0) is 4.79 Å². The smallest absolute Gasteiger partial charge is 0.260 e. The van der Waals surface area contributed by atoms with Crippen molar-refractivity contribution < 1.29 is 14.3 Å². The van der Waals surface area contributed by atoms with Gasteiger partial charge in [0, 0.05) is 13.1 Å². The minimum absolute atomic E-state index is 0.0652. The number of hydrogen-bond donors (Lipinski definition) is 0. The largest absolute Gasteiger partial charge is 0.490 e. The second-order valence-electron chi connectivity index (χ2n) is 5.59. The molecule has 0 N–H and O–H groups in total. The van der Waals surface area contributed by atoms with Crippen LogP contribution in [0.15, 0.2) is 24.3 Å². The first kappa shape index (κ1) is 15.7. The average molecular weight is 291 g/mol. The van der Waals surface area contributed by atoms with E-state index in [9.17, 15) is 4.79 Å². The molecule has 4 nitrogen and oxygen atoms in total. The van der Waals surface area contributed by atoms with Gasteiger partial charge in [0.1, 0.15) is 0 Å². The van der Waals surface area contributed by atoms with Gasteiger partial charge in [0.15, 0.2) is 18.1 Å². The molecule has 1 aliphatic rings. The topological polar surface area (TPSA) is 38.8 Å². The highest BCUT2D eigenvalue weighted by Gasteiger charge is 2.19. The standard InChI is InChI=1S/C17H25NO3/c1-3-20-15-8-4-5-9-16(15)21-13-17(19)18-11-6-7-14(2)10-12-18/h4-5,8-9,14H,3,6-7,10-13H2,1-2H3. The van der Waals surface area contributed by atoms with Crippen LogP contribution < -0.4 is 9.47 Å². The molecule has 0 saturated carbocycles. The number of amides is 1. The molecule has 21 heavy (non-hydrogen) atoms. The third-order valence-electron chi connectivity index (χ3n) is 3.87. The van der Waals surface area contributed by atoms with E-state index in [4.69, 9.17) is 9.47 Å². The third kappa shape index (κ3) is 4.66. The Balaban J connectivity index is 1.89. The zero-order valence-corrected chi connectivity index (χ0v) is 13.0. The molecular weight excluding hydrogens is 266 g/mol. The first-order chi connectivity index (χ1) is 10.2. The molecule has 1 unspecified atom stereocenters. The number of nitrogens with zero attached hydrogens (tertiary/aromatic N) is 1. The summed E-state index contributed by atoms with van der Waals surface area (Å²) in [5, 5.41) is 0. The van der Waals surface area contributed by atoms with E-state index < -0.39 is 0 Å². The van der Waals surface area contributed by atoms with Gasteiger partial charge >= 0.3 is 0 Å². The SMILES string of the molecule is CCOc1ccccc1OCC(=O)N1CCCC(C)CC1. The molecule has 0 radical (unpaired) electrons. The Hall–Kier alpha value is -1.71. The van der Waals surface area contributed by atoms with Crippen molar-refractivity contribution >= 4 is 5.91 Å². The Morgan fingerprint density at radius 1 is 1.19 bits per heavy atom. The van der Waals surface area contributed by atoms with E-state index in [-0.39, 0.29) is 12.5 Å². The molecule has 2 rings (SSSR count). The quantitative estimate of drug-likeness (QED) is 0.836. The predicted octanol–water partition coefficient (Wildman–Crippen LogP) is 3.11. The Labute approximate surface area is 127 Å². The molecule has 0 spiro atoms. The fraction of sp³-hybridized carbons (Fsp3) is 0.588. The van der Waals surface area contributed by atoms with Crippen molar-refractivity contribution in [3.05, 3.63) is 24.3 Å². The summed E-state index contributed by atoms with van der Waals surface area (Å²) in [6.07, 6.45) is 3.38. The van der Waals surface area contributed by atoms with E-state index in [0.29, 0.717) is 24.0 Å². The molecule has 1 aromatic carbocycles. The van der Waals surface area contributed by atoms with Crippen molar-refractivity contribution in [1.82, 2.24) is 4.90 Å². The summed E-state index contributed by atoms with van der Waals surface area (Å²) in [7, 11) is 0. The van der Waals surface area contributed by atoms with Crippen molar-refractivity contribution in [3.8, 4) is 11.5 Å². The van der Waals surface area contributed by atoms with E-state index >= 15 is 0 Å². The van der Waals surface area contributed by atoms with Gasteiger partial charge in [-0.15, -0.1) is 0 Å². The predicted molar refractivity (Wildman–Crippen MR) is 82.7 cm³/mol. The average Bonchev–Trinajstić information content (AvgIpc) is 2.71. The van der Waals surface area contributed by atoms with Crippen molar-refractivity contribution in [2.45, 2.75) is 33.1 Å². The van der Waals surface area contributed by atoms with Crippen LogP contribution in [0.1, 0.15) is 33.1 Å². The summed E-state index contributed by atoms with van der Waals surface area (Å²) < 4.78 is 11.2. The maximum Gasteiger partial charge on any atom is 0.260 e. The van der Waals surface area contributed by atoms with Crippen LogP contribution in [0.2, 0.25) is 0 Å². The zero-order valence-electron chi connectivity index (χ0n) is 13.0. The highest BCUT2D eigenvalue weighted by molar-refractivity contribution is 5.77. The lowest BCUT2D eigenvalue weighted by Crippen LogP contribution is -2.35. The number of rotatable bonds is 5. The van der Waals surface area contributed by atoms with Crippen LogP contribution in [0.25, 0.3) is 0 Å². The Morgan fingerprint density at radius 2 is 1.90 bits per heavy atom. The Kier molecular flexibility index (Phi) is 5.90. The van der Waals surface area contributed by atoms with Crippen molar-refractivity contribution in [1.29, 1.82) is 0 Å². The third-order valence-corrected chi connectivity index (χ3v) is 3.87. The summed E-state index contributed by atoms with van der Waals surface area (Å²) in [6.45, 7) is 6.54. The lowest BCUT2D eigenvalue weighted by atomic mass is 10.0. The van der Waals surface area contributed by atoms with Gasteiger partial charge in [-0.2, -0.15) is 0 Å². The van der Waals surface area contributed by atoms with Gasteiger partial charge in [0.2, 0.25) is 0 Å². The fourth-order valence-electron chi connectivity index (χ4n) is 2.59. The van der Waals surface area contributed by atoms with Crippen LogP contribution in [0, 0.1) is 5.92 Å². The molecule has 1 fully saturated rings. The van der Waals surface area contributed by atoms with Crippen LogP contribution >= 0.6 is 0 Å². The first-order valence-electron chi connectivity index (χ1n) is 7.83. The first-order valence-corrected chi connectivity index (χ1v) is 7.83. The molecule has 116 valence electrons. The van der Waals surface area contributed by atoms with Gasteiger partial charge in [-0.05, 0) is 44.2 Å². The van der Waals surface area contributed by atoms with Gasteiger partial charge in [-0.25, -0.2) is 0 Å². The second-order valence-corrected chi connectivity index (χ2v) is 5.59. The molecule has 1 amide bonds. The monoisotopic (exact) mass is 291 g/mol. The lowest BCUT2D eigenvalue weighted by molar-refractivity contribution is -0.133. The van der Waals surface area contributed by atoms with Crippen molar-refractivity contribution in [3.63, 3.8) is 0 Å². The minimum Gasteiger partial charge on any atom is -0.490 e. The number of ether oxygens (including phenoxy) is 2. The van der Waals surface area contributed by atoms with E-state index in [1.165, 1.54) is 6.42 Å². The van der Waals surface area contributed by atoms with E-state index in [1.807, 2.05) is 36.1 Å². The van der Waals surface area contributed by atoms with Crippen molar-refractivity contribution in [2.75, 3.05) is 26.3 Å². The molecule has 0 aliphatic carbocycles. The Morgan fingerprint density at radius 3 is 2.62 bits per heavy atom. The highest BCUT2D eigenvalue weighted by Crippen LogP contribution is 2.26. The summed E-state index contributed by atoms with van der Waals surface area (Å²) in [6, 6.07) is 7.48. The van der Waals surface area contributed by atoms with Gasteiger partial charge < -0.3 is 14.4 Å². The van der Waals surface area contributed by atoms with Crippen LogP contribution in [0.3, 0.4) is 0 Å². The van der Waals surface area contributed by atoms with Crippen LogP contribution in [-0.4, -0.2) is 37.1 Å². The molecule has 1 atom stereocenters. The number of hydrogen-bond acceptors (Lipinski definition) is 3. The normalized spacial score (nSPS) is 19.0. The molecule has 1 saturated heterocycles. The van der Waals surface area contributed by atoms with E-state index in [2.05, 4.69) is 6.92 Å². The minimum atomic E-state index is 0.0652. The Bertz CT molecular complexity index is 461. The fourth-order valence-corrected chi connectivity index (χ4v) is 2.59. The second kappa shape index (κ2) is 7.91. The molecular formula is C17H25NO3. The van der Waals surface area contributed by atoms with Crippen LogP contribution in [0.5, 0.6) is 11.5 Å². The summed E-state index contributed by atoms with van der Waals surface area (Å²) in [5.41, 5.74) is 0. The zero-order chi connectivity index (χ0) is 15.1. The molecule has 1 heterocycles. The summed E-state index contributed by atoms with van der Waals surface area (Å²) in [5.74, 6) is 2.10. The van der Waals surface area contributed by atoms with E-state index in [1.54, 1.807) is 0 Å². The number of carbonyl (C=O) groups is 1. The highest BCUT2D eigenvalue weighted by atomic mass is 16.5. The molecule has 1 aliphatic heterocycles. The van der Waals surface area contributed by atoms with Gasteiger partial charge in [0.05, 0.1) is 6.61 Å². The molecule has 0 bridgehead atoms. The van der Waals surface area contributed by atoms with Gasteiger partial charge in [-0.3, -0.25) is 4.79 Å². The van der Waals surface area contributed by atoms with Gasteiger partial charge in [0.25, 0.3) is 5.91 Å². The summed E-state index contributed by atoms with van der Waals surface area (Å²) in [4.78, 5) is 14.2. The lowest BCUT2D eigenvalue weighted by Gasteiger charge is -2.21. The maximum atomic E-state index is 12.3. The number of para-hydroxylation sites is 2. The van der Waals surface area contributed by atoms with E-state index in [0.717, 1.165) is 25.9 Å². The van der Waals surface area contributed by atoms with Crippen LogP contribution in [0.4, 0.5) is 0 Å².